The molecule has 2 N–H and O–H groups in total. The van der Waals surface area contributed by atoms with Gasteiger partial charge in [-0.25, -0.2) is 0 Å². The maximum atomic E-state index is 5.59. The molecule has 4 nitrogen and oxygen atoms in total. The van der Waals surface area contributed by atoms with E-state index in [1.807, 2.05) is 12.1 Å². The fourth-order valence-corrected chi connectivity index (χ4v) is 2.51. The van der Waals surface area contributed by atoms with E-state index in [4.69, 9.17) is 9.47 Å². The molecule has 0 spiro atoms. The van der Waals surface area contributed by atoms with Crippen molar-refractivity contribution in [2.75, 3.05) is 37.5 Å². The van der Waals surface area contributed by atoms with E-state index in [-0.39, 0.29) is 5.41 Å². The summed E-state index contributed by atoms with van der Waals surface area (Å²) in [6, 6.07) is 6.44. The average molecular weight is 234 g/mol. The Morgan fingerprint density at radius 1 is 1.41 bits per heavy atom. The third-order valence-corrected chi connectivity index (χ3v) is 3.80. The molecule has 1 saturated heterocycles. The van der Waals surface area contributed by atoms with E-state index in [0.717, 1.165) is 36.9 Å². The Bertz CT molecular complexity index is 435. The van der Waals surface area contributed by atoms with Crippen molar-refractivity contribution < 1.29 is 9.47 Å². The van der Waals surface area contributed by atoms with Gasteiger partial charge in [-0.2, -0.15) is 0 Å². The molecule has 1 aromatic carbocycles. The summed E-state index contributed by atoms with van der Waals surface area (Å²) in [6.45, 7) is 4.77. The van der Waals surface area contributed by atoms with Gasteiger partial charge in [0.05, 0.1) is 37.7 Å². The van der Waals surface area contributed by atoms with Crippen LogP contribution in [0.4, 0.5) is 11.4 Å². The number of ether oxygens (including phenoxy) is 2. The van der Waals surface area contributed by atoms with Crippen molar-refractivity contribution in [2.45, 2.75) is 13.0 Å². The molecule has 2 atom stereocenters. The number of rotatable bonds is 1. The van der Waals surface area contributed by atoms with E-state index in [2.05, 4.69) is 23.6 Å². The zero-order chi connectivity index (χ0) is 11.9. The van der Waals surface area contributed by atoms with E-state index >= 15 is 0 Å². The van der Waals surface area contributed by atoms with Crippen LogP contribution in [0.2, 0.25) is 0 Å². The van der Waals surface area contributed by atoms with E-state index in [1.54, 1.807) is 7.11 Å². The normalized spacial score (nSPS) is 30.6. The molecule has 2 heterocycles. The second-order valence-electron chi connectivity index (χ2n) is 5.13. The molecule has 0 saturated carbocycles. The topological polar surface area (TPSA) is 42.5 Å². The standard InChI is InChI=1S/C13H18N2O2/c1-13-7-14-10-4-3-9(16-2)5-11(10)15-12(13)6-17-8-13/h3-5,12,14-15H,6-8H2,1-2H3. The third kappa shape index (κ3) is 1.72. The molecule has 0 aliphatic carbocycles. The molecule has 3 rings (SSSR count). The Balaban J connectivity index is 1.95. The molecule has 0 aromatic heterocycles. The summed E-state index contributed by atoms with van der Waals surface area (Å²) < 4.78 is 10.8. The van der Waals surface area contributed by atoms with Gasteiger partial charge < -0.3 is 20.1 Å². The van der Waals surface area contributed by atoms with Crippen LogP contribution in [0.1, 0.15) is 6.92 Å². The Morgan fingerprint density at radius 2 is 2.29 bits per heavy atom. The Hall–Kier alpha value is -1.42. The Labute approximate surface area is 101 Å². The van der Waals surface area contributed by atoms with Gasteiger partial charge in [0.15, 0.2) is 0 Å². The van der Waals surface area contributed by atoms with Crippen LogP contribution in [0.25, 0.3) is 0 Å². The molecule has 2 aliphatic heterocycles. The second kappa shape index (κ2) is 3.81. The first-order valence-electron chi connectivity index (χ1n) is 5.97. The van der Waals surface area contributed by atoms with Gasteiger partial charge in [-0.1, -0.05) is 6.92 Å². The first-order valence-corrected chi connectivity index (χ1v) is 5.97. The van der Waals surface area contributed by atoms with E-state index < -0.39 is 0 Å². The van der Waals surface area contributed by atoms with Crippen LogP contribution in [-0.2, 0) is 4.74 Å². The zero-order valence-electron chi connectivity index (χ0n) is 10.2. The summed E-state index contributed by atoms with van der Waals surface area (Å²) >= 11 is 0. The number of hydrogen-bond acceptors (Lipinski definition) is 4. The highest BCUT2D eigenvalue weighted by molar-refractivity contribution is 5.72. The molecule has 1 fully saturated rings. The maximum absolute atomic E-state index is 5.59. The maximum Gasteiger partial charge on any atom is 0.121 e. The Kier molecular flexibility index (Phi) is 2.40. The van der Waals surface area contributed by atoms with Crippen molar-refractivity contribution in [2.24, 2.45) is 5.41 Å². The van der Waals surface area contributed by atoms with Crippen molar-refractivity contribution in [3.8, 4) is 5.75 Å². The summed E-state index contributed by atoms with van der Waals surface area (Å²) in [5, 5.41) is 7.06. The molecule has 0 bridgehead atoms. The highest BCUT2D eigenvalue weighted by Crippen LogP contribution is 2.38. The molecule has 92 valence electrons. The lowest BCUT2D eigenvalue weighted by Gasteiger charge is -2.27. The first kappa shape index (κ1) is 10.7. The fourth-order valence-electron chi connectivity index (χ4n) is 2.51. The van der Waals surface area contributed by atoms with E-state index in [9.17, 15) is 0 Å². The van der Waals surface area contributed by atoms with Crippen molar-refractivity contribution in [3.05, 3.63) is 18.2 Å². The van der Waals surface area contributed by atoms with Crippen molar-refractivity contribution in [1.29, 1.82) is 0 Å². The number of hydrogen-bond donors (Lipinski definition) is 2. The van der Waals surface area contributed by atoms with Crippen LogP contribution in [0, 0.1) is 5.41 Å². The average Bonchev–Trinajstić information content (AvgIpc) is 2.63. The summed E-state index contributed by atoms with van der Waals surface area (Å²) in [5.74, 6) is 0.876. The minimum atomic E-state index is 0.159. The molecule has 2 unspecified atom stereocenters. The van der Waals surface area contributed by atoms with Crippen molar-refractivity contribution >= 4 is 11.4 Å². The molecule has 0 radical (unpaired) electrons. The van der Waals surface area contributed by atoms with Gasteiger partial charge in [0.2, 0.25) is 0 Å². The van der Waals surface area contributed by atoms with Gasteiger partial charge in [-0.15, -0.1) is 0 Å². The highest BCUT2D eigenvalue weighted by atomic mass is 16.5. The van der Waals surface area contributed by atoms with Gasteiger partial charge in [-0.3, -0.25) is 0 Å². The van der Waals surface area contributed by atoms with Crippen LogP contribution < -0.4 is 15.4 Å². The highest BCUT2D eigenvalue weighted by Gasteiger charge is 2.41. The van der Waals surface area contributed by atoms with Crippen molar-refractivity contribution in [1.82, 2.24) is 0 Å². The SMILES string of the molecule is COc1ccc2c(c1)NC1COCC1(C)CN2. The molecule has 1 aromatic rings. The smallest absolute Gasteiger partial charge is 0.121 e. The van der Waals surface area contributed by atoms with Crippen molar-refractivity contribution in [3.63, 3.8) is 0 Å². The molecular formula is C13H18N2O2. The fraction of sp³-hybridized carbons (Fsp3) is 0.538. The predicted molar refractivity (Wildman–Crippen MR) is 67.8 cm³/mol. The molecule has 17 heavy (non-hydrogen) atoms. The largest absolute Gasteiger partial charge is 0.497 e. The molecule has 0 amide bonds. The predicted octanol–water partition coefficient (Wildman–Crippen LogP) is 1.94. The van der Waals surface area contributed by atoms with Gasteiger partial charge in [0, 0.05) is 18.0 Å². The summed E-state index contributed by atoms with van der Waals surface area (Å²) in [4.78, 5) is 0. The van der Waals surface area contributed by atoms with Crippen LogP contribution in [0.5, 0.6) is 5.75 Å². The van der Waals surface area contributed by atoms with Crippen LogP contribution >= 0.6 is 0 Å². The quantitative estimate of drug-likeness (QED) is 0.779. The first-order chi connectivity index (χ1) is 8.21. The van der Waals surface area contributed by atoms with Crippen LogP contribution in [0.3, 0.4) is 0 Å². The summed E-state index contributed by atoms with van der Waals surface area (Å²) in [5.41, 5.74) is 2.40. The van der Waals surface area contributed by atoms with Crippen LogP contribution in [0.15, 0.2) is 18.2 Å². The lowest BCUT2D eigenvalue weighted by atomic mass is 9.85. The van der Waals surface area contributed by atoms with E-state index in [0.29, 0.717) is 6.04 Å². The lowest BCUT2D eigenvalue weighted by Crippen LogP contribution is -2.40. The minimum Gasteiger partial charge on any atom is -0.497 e. The summed E-state index contributed by atoms with van der Waals surface area (Å²) in [6.07, 6.45) is 0. The Morgan fingerprint density at radius 3 is 3.12 bits per heavy atom. The number of fused-ring (bicyclic) bond motifs is 2. The van der Waals surface area contributed by atoms with Crippen LogP contribution in [-0.4, -0.2) is 32.9 Å². The molecule has 4 heteroatoms. The molecular weight excluding hydrogens is 216 g/mol. The number of benzene rings is 1. The second-order valence-corrected chi connectivity index (χ2v) is 5.13. The monoisotopic (exact) mass is 234 g/mol. The van der Waals surface area contributed by atoms with Gasteiger partial charge in [0.25, 0.3) is 0 Å². The number of anilines is 2. The van der Waals surface area contributed by atoms with E-state index in [1.165, 1.54) is 0 Å². The zero-order valence-corrected chi connectivity index (χ0v) is 10.2. The summed E-state index contributed by atoms with van der Waals surface area (Å²) in [7, 11) is 1.69. The van der Waals surface area contributed by atoms with Gasteiger partial charge in [-0.05, 0) is 12.1 Å². The minimum absolute atomic E-state index is 0.159. The number of methoxy groups -OCH3 is 1. The lowest BCUT2D eigenvalue weighted by molar-refractivity contribution is 0.164. The van der Waals surface area contributed by atoms with Gasteiger partial charge >= 0.3 is 0 Å². The number of nitrogens with one attached hydrogen (secondary N) is 2. The third-order valence-electron chi connectivity index (χ3n) is 3.80. The van der Waals surface area contributed by atoms with Gasteiger partial charge in [0.1, 0.15) is 5.75 Å². The molecule has 2 aliphatic rings.